The second-order valence-corrected chi connectivity index (χ2v) is 7.59. The van der Waals surface area contributed by atoms with E-state index in [2.05, 4.69) is 16.0 Å². The van der Waals surface area contributed by atoms with Crippen LogP contribution in [0.1, 0.15) is 6.42 Å². The Kier molecular flexibility index (Phi) is 5.04. The number of likely N-dealkylation sites (tertiary alicyclic amines) is 1. The lowest BCUT2D eigenvalue weighted by Gasteiger charge is -2.17. The van der Waals surface area contributed by atoms with Gasteiger partial charge in [0.2, 0.25) is 5.91 Å². The molecule has 1 fully saturated rings. The average Bonchev–Trinajstić information content (AvgIpc) is 3.29. The van der Waals surface area contributed by atoms with Crippen LogP contribution in [0.5, 0.6) is 5.75 Å². The van der Waals surface area contributed by atoms with E-state index in [-0.39, 0.29) is 12.0 Å². The number of thioether (sulfide) groups is 1. The maximum absolute atomic E-state index is 12.5. The molecule has 5 nitrogen and oxygen atoms in total. The fourth-order valence-electron chi connectivity index (χ4n) is 3.08. The van der Waals surface area contributed by atoms with Gasteiger partial charge >= 0.3 is 0 Å². The zero-order valence-electron chi connectivity index (χ0n) is 14.0. The zero-order valence-corrected chi connectivity index (χ0v) is 15.6. The number of rotatable bonds is 5. The molecule has 2 aromatic heterocycles. The van der Waals surface area contributed by atoms with Crippen LogP contribution in [-0.2, 0) is 4.79 Å². The van der Waals surface area contributed by atoms with Crippen LogP contribution in [0.3, 0.4) is 0 Å². The monoisotopic (exact) mass is 387 g/mol. The van der Waals surface area contributed by atoms with Gasteiger partial charge in [-0.25, -0.2) is 0 Å². The predicted octanol–water partition coefficient (Wildman–Crippen LogP) is 3.99. The Bertz CT molecular complexity index is 930. The minimum atomic E-state index is -0.0306. The lowest BCUT2D eigenvalue weighted by atomic mass is 10.2. The Labute approximate surface area is 160 Å². The van der Waals surface area contributed by atoms with Gasteiger partial charge in [-0.1, -0.05) is 29.8 Å². The number of carbonyl (C=O) groups excluding carboxylic acids is 1. The highest BCUT2D eigenvalue weighted by molar-refractivity contribution is 8.00. The summed E-state index contributed by atoms with van der Waals surface area (Å²) in [4.78, 5) is 22.7. The zero-order chi connectivity index (χ0) is 17.9. The van der Waals surface area contributed by atoms with Crippen LogP contribution in [0.15, 0.2) is 53.8 Å². The smallest absolute Gasteiger partial charge is 0.233 e. The van der Waals surface area contributed by atoms with E-state index >= 15 is 0 Å². The van der Waals surface area contributed by atoms with Gasteiger partial charge in [-0.2, -0.15) is 0 Å². The number of para-hydroxylation sites is 1. The number of H-pyrrole nitrogens is 1. The number of ether oxygens (including phenoxy) is 1. The lowest BCUT2D eigenvalue weighted by Crippen LogP contribution is -2.32. The summed E-state index contributed by atoms with van der Waals surface area (Å²) >= 11 is 7.65. The summed E-state index contributed by atoms with van der Waals surface area (Å²) in [6.07, 6.45) is 5.95. The van der Waals surface area contributed by atoms with Crippen LogP contribution in [0, 0.1) is 0 Å². The molecule has 0 aliphatic carbocycles. The van der Waals surface area contributed by atoms with E-state index in [4.69, 9.17) is 16.3 Å². The number of halogens is 1. The first-order chi connectivity index (χ1) is 12.7. The van der Waals surface area contributed by atoms with Crippen LogP contribution < -0.4 is 4.74 Å². The van der Waals surface area contributed by atoms with E-state index in [1.54, 1.807) is 30.2 Å². The van der Waals surface area contributed by atoms with Crippen molar-refractivity contribution in [2.24, 2.45) is 0 Å². The first-order valence-corrected chi connectivity index (χ1v) is 9.80. The van der Waals surface area contributed by atoms with Crippen molar-refractivity contribution in [3.8, 4) is 5.75 Å². The van der Waals surface area contributed by atoms with E-state index in [0.29, 0.717) is 29.6 Å². The number of amides is 1. The SMILES string of the molecule is O=C(CSc1c[nH]c2ccccc12)N1CC[C@@H](Oc2ccncc2Cl)C1. The molecule has 1 aromatic carbocycles. The highest BCUT2D eigenvalue weighted by atomic mass is 35.5. The van der Waals surface area contributed by atoms with Gasteiger partial charge in [0.15, 0.2) is 0 Å². The summed E-state index contributed by atoms with van der Waals surface area (Å²) in [5.41, 5.74) is 1.09. The van der Waals surface area contributed by atoms with Crippen LogP contribution in [0.4, 0.5) is 0 Å². The number of aromatic amines is 1. The summed E-state index contributed by atoms with van der Waals surface area (Å²) in [7, 11) is 0. The Morgan fingerprint density at radius 1 is 1.38 bits per heavy atom. The number of fused-ring (bicyclic) bond motifs is 1. The van der Waals surface area contributed by atoms with Crippen LogP contribution >= 0.6 is 23.4 Å². The summed E-state index contributed by atoms with van der Waals surface area (Å²) in [6, 6.07) is 9.86. The van der Waals surface area contributed by atoms with Crippen molar-refractivity contribution < 1.29 is 9.53 Å². The van der Waals surface area contributed by atoms with Gasteiger partial charge in [0.05, 0.1) is 12.3 Å². The molecule has 3 heterocycles. The lowest BCUT2D eigenvalue weighted by molar-refractivity contribution is -0.127. The van der Waals surface area contributed by atoms with Gasteiger partial charge in [-0.15, -0.1) is 11.8 Å². The van der Waals surface area contributed by atoms with Crippen molar-refractivity contribution in [1.29, 1.82) is 0 Å². The van der Waals surface area contributed by atoms with Crippen LogP contribution in [0.2, 0.25) is 5.02 Å². The van der Waals surface area contributed by atoms with E-state index in [1.165, 1.54) is 0 Å². The molecule has 0 spiro atoms. The molecule has 1 N–H and O–H groups in total. The largest absolute Gasteiger partial charge is 0.487 e. The van der Waals surface area contributed by atoms with Crippen molar-refractivity contribution in [3.63, 3.8) is 0 Å². The number of benzene rings is 1. The summed E-state index contributed by atoms with van der Waals surface area (Å²) in [5.74, 6) is 1.17. The first-order valence-electron chi connectivity index (χ1n) is 8.43. The van der Waals surface area contributed by atoms with Gasteiger partial charge in [0.1, 0.15) is 16.9 Å². The molecule has 4 rings (SSSR count). The Morgan fingerprint density at radius 3 is 3.15 bits per heavy atom. The molecule has 1 amide bonds. The third-order valence-electron chi connectivity index (χ3n) is 4.43. The van der Waals surface area contributed by atoms with Gasteiger partial charge in [0, 0.05) is 53.4 Å². The number of hydrogen-bond acceptors (Lipinski definition) is 4. The van der Waals surface area contributed by atoms with Crippen molar-refractivity contribution in [2.45, 2.75) is 17.4 Å². The van der Waals surface area contributed by atoms with Gasteiger partial charge in [-0.3, -0.25) is 9.78 Å². The standard InChI is InChI=1S/C19H18ClN3O2S/c20-15-9-21-7-5-17(15)25-13-6-8-23(11-13)19(24)12-26-18-10-22-16-4-2-1-3-14(16)18/h1-5,7,9-10,13,22H,6,8,11-12H2/t13-/m1/s1. The van der Waals surface area contributed by atoms with E-state index in [9.17, 15) is 4.79 Å². The van der Waals surface area contributed by atoms with Crippen molar-refractivity contribution in [3.05, 3.63) is 53.9 Å². The first kappa shape index (κ1) is 17.2. The van der Waals surface area contributed by atoms with Crippen molar-refractivity contribution in [1.82, 2.24) is 14.9 Å². The minimum absolute atomic E-state index is 0.0306. The Balaban J connectivity index is 1.32. The fraction of sp³-hybridized carbons (Fsp3) is 0.263. The molecular weight excluding hydrogens is 370 g/mol. The van der Waals surface area contributed by atoms with Crippen molar-refractivity contribution >= 4 is 40.2 Å². The predicted molar refractivity (Wildman–Crippen MR) is 104 cm³/mol. The highest BCUT2D eigenvalue weighted by Gasteiger charge is 2.28. The van der Waals surface area contributed by atoms with E-state index < -0.39 is 0 Å². The molecule has 0 unspecified atom stereocenters. The Hall–Kier alpha value is -2.18. The molecular formula is C19H18ClN3O2S. The number of carbonyl (C=O) groups is 1. The number of hydrogen-bond donors (Lipinski definition) is 1. The Morgan fingerprint density at radius 2 is 2.27 bits per heavy atom. The third-order valence-corrected chi connectivity index (χ3v) is 5.75. The van der Waals surface area contributed by atoms with Gasteiger partial charge < -0.3 is 14.6 Å². The van der Waals surface area contributed by atoms with E-state index in [0.717, 1.165) is 22.2 Å². The summed E-state index contributed by atoms with van der Waals surface area (Å²) < 4.78 is 5.92. The number of nitrogens with one attached hydrogen (secondary N) is 1. The molecule has 134 valence electrons. The third kappa shape index (κ3) is 3.66. The summed E-state index contributed by atoms with van der Waals surface area (Å²) in [5, 5.41) is 1.65. The number of pyridine rings is 1. The molecule has 1 atom stereocenters. The highest BCUT2D eigenvalue weighted by Crippen LogP contribution is 2.29. The second-order valence-electron chi connectivity index (χ2n) is 6.16. The molecule has 0 saturated carbocycles. The van der Waals surface area contributed by atoms with Crippen LogP contribution in [-0.4, -0.2) is 45.7 Å². The second kappa shape index (κ2) is 7.60. The topological polar surface area (TPSA) is 58.2 Å². The summed E-state index contributed by atoms with van der Waals surface area (Å²) in [6.45, 7) is 1.30. The molecule has 3 aromatic rings. The molecule has 1 aliphatic heterocycles. The molecule has 0 radical (unpaired) electrons. The quantitative estimate of drug-likeness (QED) is 0.672. The molecule has 0 bridgehead atoms. The number of nitrogens with zero attached hydrogens (tertiary/aromatic N) is 2. The molecule has 1 saturated heterocycles. The normalized spacial score (nSPS) is 17.0. The molecule has 26 heavy (non-hydrogen) atoms. The molecule has 7 heteroatoms. The van der Waals surface area contributed by atoms with Gasteiger partial charge in [0.25, 0.3) is 0 Å². The average molecular weight is 388 g/mol. The maximum Gasteiger partial charge on any atom is 0.233 e. The number of aromatic nitrogens is 2. The molecule has 1 aliphatic rings. The van der Waals surface area contributed by atoms with Crippen LogP contribution in [0.25, 0.3) is 10.9 Å². The minimum Gasteiger partial charge on any atom is -0.487 e. The van der Waals surface area contributed by atoms with E-state index in [1.807, 2.05) is 29.3 Å². The van der Waals surface area contributed by atoms with Crippen molar-refractivity contribution in [2.75, 3.05) is 18.8 Å². The fourth-order valence-corrected chi connectivity index (χ4v) is 4.18. The van der Waals surface area contributed by atoms with Gasteiger partial charge in [-0.05, 0) is 6.07 Å². The maximum atomic E-state index is 12.5.